The van der Waals surface area contributed by atoms with E-state index >= 15 is 0 Å². The molecule has 2 aromatic rings. The summed E-state index contributed by atoms with van der Waals surface area (Å²) in [5, 5.41) is 19.8. The van der Waals surface area contributed by atoms with Crippen LogP contribution >= 0.6 is 0 Å². The Bertz CT molecular complexity index is 572. The molecule has 1 N–H and O–H groups in total. The van der Waals surface area contributed by atoms with Crippen LogP contribution in [0.15, 0.2) is 12.5 Å². The lowest BCUT2D eigenvalue weighted by Crippen LogP contribution is -2.35. The first-order chi connectivity index (χ1) is 10.2. The molecule has 0 saturated carbocycles. The van der Waals surface area contributed by atoms with Crippen LogP contribution in [0, 0.1) is 0 Å². The molecule has 0 aliphatic carbocycles. The summed E-state index contributed by atoms with van der Waals surface area (Å²) >= 11 is 0. The molecular weight excluding hydrogens is 268 g/mol. The highest BCUT2D eigenvalue weighted by Gasteiger charge is 2.17. The smallest absolute Gasteiger partial charge is 0.147 e. The van der Waals surface area contributed by atoms with Gasteiger partial charge in [-0.3, -0.25) is 9.58 Å². The summed E-state index contributed by atoms with van der Waals surface area (Å²) in [5.41, 5.74) is 0.988. The molecule has 8 nitrogen and oxygen atoms in total. The van der Waals surface area contributed by atoms with Gasteiger partial charge in [-0.05, 0) is 0 Å². The first-order valence-corrected chi connectivity index (χ1v) is 7.42. The van der Waals surface area contributed by atoms with Crippen LogP contribution < -0.4 is 5.32 Å². The zero-order valence-electron chi connectivity index (χ0n) is 12.6. The van der Waals surface area contributed by atoms with Crippen molar-refractivity contribution in [3.05, 3.63) is 24.0 Å². The predicted octanol–water partition coefficient (Wildman–Crippen LogP) is -0.117. The van der Waals surface area contributed by atoms with Gasteiger partial charge in [-0.25, -0.2) is 0 Å². The Morgan fingerprint density at radius 3 is 3.00 bits per heavy atom. The van der Waals surface area contributed by atoms with Crippen molar-refractivity contribution < 1.29 is 0 Å². The molecule has 8 heteroatoms. The fourth-order valence-corrected chi connectivity index (χ4v) is 2.39. The van der Waals surface area contributed by atoms with Crippen LogP contribution in [0.2, 0.25) is 0 Å². The van der Waals surface area contributed by atoms with E-state index in [4.69, 9.17) is 0 Å². The van der Waals surface area contributed by atoms with Gasteiger partial charge in [0.25, 0.3) is 0 Å². The maximum absolute atomic E-state index is 4.19. The Morgan fingerprint density at radius 1 is 1.24 bits per heavy atom. The number of nitrogens with zero attached hydrogens (tertiary/aromatic N) is 7. The second-order valence-corrected chi connectivity index (χ2v) is 5.73. The van der Waals surface area contributed by atoms with E-state index in [-0.39, 0.29) is 0 Å². The molecule has 1 aliphatic rings. The Kier molecular flexibility index (Phi) is 4.26. The molecule has 0 unspecified atom stereocenters. The molecule has 0 fully saturated rings. The third kappa shape index (κ3) is 3.64. The van der Waals surface area contributed by atoms with Gasteiger partial charge < -0.3 is 9.88 Å². The van der Waals surface area contributed by atoms with Gasteiger partial charge in [0.15, 0.2) is 0 Å². The normalized spacial score (nSPS) is 15.6. The zero-order valence-corrected chi connectivity index (χ0v) is 12.6. The Morgan fingerprint density at radius 2 is 2.14 bits per heavy atom. The fraction of sp³-hybridized carbons (Fsp3) is 0.692. The molecule has 0 saturated heterocycles. The average Bonchev–Trinajstić information content (AvgIpc) is 3.11. The van der Waals surface area contributed by atoms with Crippen LogP contribution in [0.5, 0.6) is 0 Å². The molecule has 0 bridgehead atoms. The third-order valence-corrected chi connectivity index (χ3v) is 3.64. The minimum Gasteiger partial charge on any atom is -0.315 e. The molecule has 0 spiro atoms. The first-order valence-electron chi connectivity index (χ1n) is 7.42. The van der Waals surface area contributed by atoms with Crippen LogP contribution in [0.1, 0.15) is 25.4 Å². The van der Waals surface area contributed by atoms with Gasteiger partial charge in [0.05, 0.1) is 18.8 Å². The van der Waals surface area contributed by atoms with Crippen molar-refractivity contribution in [1.29, 1.82) is 0 Å². The zero-order chi connectivity index (χ0) is 14.7. The van der Waals surface area contributed by atoms with Gasteiger partial charge in [-0.15, -0.1) is 15.3 Å². The molecule has 0 amide bonds. The fourth-order valence-electron chi connectivity index (χ4n) is 2.39. The average molecular weight is 290 g/mol. The number of aromatic nitrogens is 6. The van der Waals surface area contributed by atoms with E-state index in [9.17, 15) is 0 Å². The lowest BCUT2D eigenvalue weighted by atomic mass is 10.3. The van der Waals surface area contributed by atoms with Gasteiger partial charge in [0.1, 0.15) is 12.2 Å². The minimum atomic E-state index is 0.459. The first kappa shape index (κ1) is 14.2. The van der Waals surface area contributed by atoms with Crippen molar-refractivity contribution in [3.8, 4) is 0 Å². The van der Waals surface area contributed by atoms with E-state index in [0.717, 1.165) is 50.8 Å². The second kappa shape index (κ2) is 6.31. The van der Waals surface area contributed by atoms with Crippen LogP contribution in [-0.2, 0) is 26.2 Å². The molecule has 1 aliphatic heterocycles. The van der Waals surface area contributed by atoms with Crippen LogP contribution in [0.3, 0.4) is 0 Å². The topological polar surface area (TPSA) is 76.7 Å². The maximum Gasteiger partial charge on any atom is 0.147 e. The van der Waals surface area contributed by atoms with Gasteiger partial charge in [-0.1, -0.05) is 19.1 Å². The van der Waals surface area contributed by atoms with Crippen molar-refractivity contribution in [3.63, 3.8) is 0 Å². The van der Waals surface area contributed by atoms with Crippen molar-refractivity contribution in [2.24, 2.45) is 0 Å². The Balaban J connectivity index is 1.47. The monoisotopic (exact) mass is 290 g/mol. The molecule has 0 aromatic carbocycles. The maximum atomic E-state index is 4.19. The van der Waals surface area contributed by atoms with E-state index < -0.39 is 0 Å². The summed E-state index contributed by atoms with van der Waals surface area (Å²) < 4.78 is 4.03. The van der Waals surface area contributed by atoms with Crippen molar-refractivity contribution in [2.45, 2.75) is 46.1 Å². The number of fused-ring (bicyclic) bond motifs is 1. The largest absolute Gasteiger partial charge is 0.315 e. The van der Waals surface area contributed by atoms with Crippen molar-refractivity contribution >= 4 is 0 Å². The molecule has 114 valence electrons. The molecule has 3 rings (SSSR count). The quantitative estimate of drug-likeness (QED) is 0.799. The highest BCUT2D eigenvalue weighted by Crippen LogP contribution is 2.08. The van der Waals surface area contributed by atoms with Gasteiger partial charge in [-0.2, -0.15) is 0 Å². The molecule has 3 heterocycles. The molecule has 21 heavy (non-hydrogen) atoms. The highest BCUT2D eigenvalue weighted by atomic mass is 15.4. The van der Waals surface area contributed by atoms with Crippen molar-refractivity contribution in [1.82, 2.24) is 40.0 Å². The predicted molar refractivity (Wildman–Crippen MR) is 77.3 cm³/mol. The standard InChI is InChI=1S/C13H22N8/c1-11(2)14-7-12-8-21(18-16-12)6-4-19-3-5-20-10-15-17-13(20)9-19/h8,10-11,14H,3-7,9H2,1-2H3. The van der Waals surface area contributed by atoms with Crippen molar-refractivity contribution in [2.75, 3.05) is 13.1 Å². The number of rotatable bonds is 6. The van der Waals surface area contributed by atoms with E-state index in [0.29, 0.717) is 6.04 Å². The molecule has 0 atom stereocenters. The summed E-state index contributed by atoms with van der Waals surface area (Å²) in [5.74, 6) is 1.04. The summed E-state index contributed by atoms with van der Waals surface area (Å²) in [4.78, 5) is 2.37. The summed E-state index contributed by atoms with van der Waals surface area (Å²) in [6.45, 7) is 9.67. The van der Waals surface area contributed by atoms with Crippen LogP contribution in [0.4, 0.5) is 0 Å². The van der Waals surface area contributed by atoms with E-state index in [2.05, 4.69) is 49.1 Å². The number of hydrogen-bond acceptors (Lipinski definition) is 6. The van der Waals surface area contributed by atoms with Gasteiger partial charge >= 0.3 is 0 Å². The van der Waals surface area contributed by atoms with Gasteiger partial charge in [0, 0.05) is 38.4 Å². The Hall–Kier alpha value is -1.80. The number of nitrogens with one attached hydrogen (secondary N) is 1. The van der Waals surface area contributed by atoms with E-state index in [1.54, 1.807) is 6.33 Å². The summed E-state index contributed by atoms with van der Waals surface area (Å²) in [6, 6.07) is 0.459. The van der Waals surface area contributed by atoms with E-state index in [1.807, 2.05) is 10.9 Å². The minimum absolute atomic E-state index is 0.459. The Labute approximate surface area is 124 Å². The highest BCUT2D eigenvalue weighted by molar-refractivity contribution is 4.92. The lowest BCUT2D eigenvalue weighted by Gasteiger charge is -2.26. The summed E-state index contributed by atoms with van der Waals surface area (Å²) in [6.07, 6.45) is 3.82. The summed E-state index contributed by atoms with van der Waals surface area (Å²) in [7, 11) is 0. The van der Waals surface area contributed by atoms with Gasteiger partial charge in [0.2, 0.25) is 0 Å². The van der Waals surface area contributed by atoms with Crippen LogP contribution in [-0.4, -0.2) is 53.8 Å². The lowest BCUT2D eigenvalue weighted by molar-refractivity contribution is 0.206. The number of hydrogen-bond donors (Lipinski definition) is 1. The molecular formula is C13H22N8. The molecule has 2 aromatic heterocycles. The third-order valence-electron chi connectivity index (χ3n) is 3.64. The SMILES string of the molecule is CC(C)NCc1cn(CCN2CCn3cnnc3C2)nn1. The second-order valence-electron chi connectivity index (χ2n) is 5.73. The molecule has 0 radical (unpaired) electrons. The van der Waals surface area contributed by atoms with Crippen LogP contribution in [0.25, 0.3) is 0 Å². The van der Waals surface area contributed by atoms with E-state index in [1.165, 1.54) is 0 Å².